The quantitative estimate of drug-likeness (QED) is 0.662. The van der Waals surface area contributed by atoms with Crippen LogP contribution in [0.3, 0.4) is 0 Å². The number of hydrogen-bond donors (Lipinski definition) is 1. The lowest BCUT2D eigenvalue weighted by Crippen LogP contribution is -2.06. The molecule has 0 saturated carbocycles. The second-order valence-corrected chi connectivity index (χ2v) is 6.14. The number of Topliss-reactive ketones (excluding diaryl/α,β-unsaturated/α-hetero) is 1. The number of H-pyrrole nitrogens is 1. The van der Waals surface area contributed by atoms with E-state index in [-0.39, 0.29) is 11.7 Å². The standard InChI is InChI=1S/C20H21NO/c1-13-8-9-17(10-14(13)2)20(22)11-15(3)19-12-16-6-4-5-7-18(16)21-19/h4-10,12,15,21H,11H2,1-3H3/t15-/m1/s1. The Kier molecular flexibility index (Phi) is 3.84. The van der Waals surface area contributed by atoms with Crippen molar-refractivity contribution in [3.8, 4) is 0 Å². The molecule has 0 aliphatic heterocycles. The van der Waals surface area contributed by atoms with Crippen molar-refractivity contribution in [1.82, 2.24) is 4.98 Å². The molecule has 2 heteroatoms. The topological polar surface area (TPSA) is 32.9 Å². The van der Waals surface area contributed by atoms with E-state index in [1.165, 1.54) is 16.5 Å². The molecule has 22 heavy (non-hydrogen) atoms. The third-order valence-electron chi connectivity index (χ3n) is 4.40. The molecule has 0 saturated heterocycles. The molecule has 1 N–H and O–H groups in total. The lowest BCUT2D eigenvalue weighted by atomic mass is 9.95. The van der Waals surface area contributed by atoms with Crippen molar-refractivity contribution in [3.05, 3.63) is 70.9 Å². The van der Waals surface area contributed by atoms with Crippen LogP contribution in [0.25, 0.3) is 10.9 Å². The normalized spacial score (nSPS) is 12.5. The van der Waals surface area contributed by atoms with Crippen LogP contribution in [0, 0.1) is 13.8 Å². The minimum atomic E-state index is 0.182. The molecule has 0 aliphatic carbocycles. The summed E-state index contributed by atoms with van der Waals surface area (Å²) < 4.78 is 0. The zero-order chi connectivity index (χ0) is 15.7. The molecular weight excluding hydrogens is 270 g/mol. The average Bonchev–Trinajstić information content (AvgIpc) is 2.94. The summed E-state index contributed by atoms with van der Waals surface area (Å²) in [7, 11) is 0. The Morgan fingerprint density at radius 2 is 1.82 bits per heavy atom. The van der Waals surface area contributed by atoms with Crippen LogP contribution in [0.2, 0.25) is 0 Å². The van der Waals surface area contributed by atoms with Gasteiger partial charge in [-0.25, -0.2) is 0 Å². The summed E-state index contributed by atoms with van der Waals surface area (Å²) >= 11 is 0. The second kappa shape index (κ2) is 5.80. The number of nitrogens with one attached hydrogen (secondary N) is 1. The number of ketones is 1. The highest BCUT2D eigenvalue weighted by atomic mass is 16.1. The first-order valence-electron chi connectivity index (χ1n) is 7.72. The van der Waals surface area contributed by atoms with Crippen LogP contribution >= 0.6 is 0 Å². The number of para-hydroxylation sites is 1. The molecular formula is C20H21NO. The van der Waals surface area contributed by atoms with Gasteiger partial charge in [0.05, 0.1) is 0 Å². The Labute approximate surface area is 131 Å². The number of rotatable bonds is 4. The molecule has 0 radical (unpaired) electrons. The minimum Gasteiger partial charge on any atom is -0.358 e. The van der Waals surface area contributed by atoms with Gasteiger partial charge in [-0.05, 0) is 48.6 Å². The van der Waals surface area contributed by atoms with Crippen LogP contribution in [0.1, 0.15) is 46.4 Å². The van der Waals surface area contributed by atoms with Gasteiger partial charge in [0, 0.05) is 29.1 Å². The third kappa shape index (κ3) is 2.82. The highest BCUT2D eigenvalue weighted by molar-refractivity contribution is 5.96. The molecule has 112 valence electrons. The monoisotopic (exact) mass is 291 g/mol. The maximum absolute atomic E-state index is 12.5. The zero-order valence-electron chi connectivity index (χ0n) is 13.3. The molecule has 1 aromatic heterocycles. The number of fused-ring (bicyclic) bond motifs is 1. The Balaban J connectivity index is 1.79. The highest BCUT2D eigenvalue weighted by Gasteiger charge is 2.15. The summed E-state index contributed by atoms with van der Waals surface area (Å²) in [4.78, 5) is 15.9. The fourth-order valence-corrected chi connectivity index (χ4v) is 2.78. The summed E-state index contributed by atoms with van der Waals surface area (Å²) in [5, 5.41) is 1.20. The predicted molar refractivity (Wildman–Crippen MR) is 91.6 cm³/mol. The van der Waals surface area contributed by atoms with Gasteiger partial charge in [-0.15, -0.1) is 0 Å². The fraction of sp³-hybridized carbons (Fsp3) is 0.250. The lowest BCUT2D eigenvalue weighted by Gasteiger charge is -2.10. The number of aryl methyl sites for hydroxylation is 2. The van der Waals surface area contributed by atoms with Crippen molar-refractivity contribution in [1.29, 1.82) is 0 Å². The summed E-state index contributed by atoms with van der Waals surface area (Å²) in [6, 6.07) is 16.3. The molecule has 1 heterocycles. The first kappa shape index (κ1) is 14.6. The van der Waals surface area contributed by atoms with Crippen molar-refractivity contribution in [3.63, 3.8) is 0 Å². The van der Waals surface area contributed by atoms with Gasteiger partial charge in [0.2, 0.25) is 0 Å². The van der Waals surface area contributed by atoms with Crippen LogP contribution in [-0.4, -0.2) is 10.8 Å². The number of carbonyl (C=O) groups excluding carboxylic acids is 1. The van der Waals surface area contributed by atoms with E-state index < -0.39 is 0 Å². The number of aromatic amines is 1. The van der Waals surface area contributed by atoms with Crippen LogP contribution in [-0.2, 0) is 0 Å². The Hall–Kier alpha value is -2.35. The summed E-state index contributed by atoms with van der Waals surface area (Å²) in [6.45, 7) is 6.22. The Bertz CT molecular complexity index is 796. The third-order valence-corrected chi connectivity index (χ3v) is 4.40. The van der Waals surface area contributed by atoms with E-state index in [9.17, 15) is 4.79 Å². The maximum atomic E-state index is 12.5. The van der Waals surface area contributed by atoms with Gasteiger partial charge in [-0.2, -0.15) is 0 Å². The van der Waals surface area contributed by atoms with Crippen LogP contribution in [0.5, 0.6) is 0 Å². The van der Waals surface area contributed by atoms with Gasteiger partial charge in [0.15, 0.2) is 5.78 Å². The SMILES string of the molecule is Cc1ccc(C(=O)C[C@@H](C)c2cc3ccccc3[nH]2)cc1C. The van der Waals surface area contributed by atoms with E-state index in [4.69, 9.17) is 0 Å². The number of carbonyl (C=O) groups is 1. The van der Waals surface area contributed by atoms with Crippen molar-refractivity contribution in [2.24, 2.45) is 0 Å². The van der Waals surface area contributed by atoms with Crippen LogP contribution in [0.4, 0.5) is 0 Å². The Morgan fingerprint density at radius 3 is 2.55 bits per heavy atom. The molecule has 0 amide bonds. The first-order valence-corrected chi connectivity index (χ1v) is 7.72. The fourth-order valence-electron chi connectivity index (χ4n) is 2.78. The predicted octanol–water partition coefficient (Wildman–Crippen LogP) is 5.16. The molecule has 3 aromatic rings. The van der Waals surface area contributed by atoms with Crippen LogP contribution in [0.15, 0.2) is 48.5 Å². The van der Waals surface area contributed by atoms with Crippen LogP contribution < -0.4 is 0 Å². The highest BCUT2D eigenvalue weighted by Crippen LogP contribution is 2.25. The van der Waals surface area contributed by atoms with Crippen molar-refractivity contribution >= 4 is 16.7 Å². The van der Waals surface area contributed by atoms with Crippen molar-refractivity contribution in [2.45, 2.75) is 33.1 Å². The van der Waals surface area contributed by atoms with E-state index in [0.717, 1.165) is 16.8 Å². The summed E-state index contributed by atoms with van der Waals surface area (Å²) in [6.07, 6.45) is 0.523. The molecule has 0 fully saturated rings. The average molecular weight is 291 g/mol. The molecule has 0 unspecified atom stereocenters. The molecule has 1 atom stereocenters. The van der Waals surface area contributed by atoms with Crippen molar-refractivity contribution in [2.75, 3.05) is 0 Å². The van der Waals surface area contributed by atoms with Gasteiger partial charge < -0.3 is 4.98 Å². The van der Waals surface area contributed by atoms with E-state index >= 15 is 0 Å². The first-order chi connectivity index (χ1) is 10.5. The van der Waals surface area contributed by atoms with Gasteiger partial charge in [0.25, 0.3) is 0 Å². The van der Waals surface area contributed by atoms with E-state index in [1.807, 2.05) is 37.3 Å². The molecule has 0 aliphatic rings. The minimum absolute atomic E-state index is 0.182. The molecule has 3 rings (SSSR count). The summed E-state index contributed by atoms with van der Waals surface area (Å²) in [5.41, 5.74) is 5.46. The maximum Gasteiger partial charge on any atom is 0.163 e. The smallest absolute Gasteiger partial charge is 0.163 e. The van der Waals surface area contributed by atoms with Gasteiger partial charge in [0.1, 0.15) is 0 Å². The summed E-state index contributed by atoms with van der Waals surface area (Å²) in [5.74, 6) is 0.385. The largest absolute Gasteiger partial charge is 0.358 e. The number of aromatic nitrogens is 1. The molecule has 0 spiro atoms. The lowest BCUT2D eigenvalue weighted by molar-refractivity contribution is 0.0975. The second-order valence-electron chi connectivity index (χ2n) is 6.14. The number of benzene rings is 2. The molecule has 0 bridgehead atoms. The zero-order valence-corrected chi connectivity index (χ0v) is 13.3. The number of hydrogen-bond acceptors (Lipinski definition) is 1. The van der Waals surface area contributed by atoms with Gasteiger partial charge in [-0.1, -0.05) is 37.3 Å². The van der Waals surface area contributed by atoms with Gasteiger partial charge >= 0.3 is 0 Å². The van der Waals surface area contributed by atoms with E-state index in [2.05, 4.69) is 37.0 Å². The van der Waals surface area contributed by atoms with E-state index in [0.29, 0.717) is 6.42 Å². The molecule has 2 aromatic carbocycles. The van der Waals surface area contributed by atoms with Gasteiger partial charge in [-0.3, -0.25) is 4.79 Å². The van der Waals surface area contributed by atoms with E-state index in [1.54, 1.807) is 0 Å². The molecule has 2 nitrogen and oxygen atoms in total. The Morgan fingerprint density at radius 1 is 1.05 bits per heavy atom. The van der Waals surface area contributed by atoms with Crippen molar-refractivity contribution < 1.29 is 4.79 Å².